The van der Waals surface area contributed by atoms with Crippen LogP contribution in [0.1, 0.15) is 20.8 Å². The SMILES string of the molecule is CCOC(=O)NCCNC(=O)N/C=C/C(C)C. The average molecular weight is 243 g/mol. The number of urea groups is 1. The Bertz CT molecular complexity index is 265. The lowest BCUT2D eigenvalue weighted by Gasteiger charge is -2.06. The molecule has 0 saturated heterocycles. The Labute approximate surface area is 102 Å². The van der Waals surface area contributed by atoms with Gasteiger partial charge in [-0.25, -0.2) is 9.59 Å². The van der Waals surface area contributed by atoms with E-state index in [1.54, 1.807) is 13.1 Å². The lowest BCUT2D eigenvalue weighted by molar-refractivity contribution is 0.152. The highest BCUT2D eigenvalue weighted by atomic mass is 16.5. The molecule has 0 aliphatic carbocycles. The van der Waals surface area contributed by atoms with Gasteiger partial charge in [0.2, 0.25) is 0 Å². The standard InChI is InChI=1S/C11H21N3O3/c1-4-17-11(16)14-8-7-13-10(15)12-6-5-9(2)3/h5-6,9H,4,7-8H2,1-3H3,(H,14,16)(H2,12,13,15)/b6-5+. The Morgan fingerprint density at radius 1 is 1.24 bits per heavy atom. The minimum absolute atomic E-state index is 0.299. The maximum absolute atomic E-state index is 11.2. The second-order valence-electron chi connectivity index (χ2n) is 3.65. The summed E-state index contributed by atoms with van der Waals surface area (Å²) in [5.41, 5.74) is 0. The highest BCUT2D eigenvalue weighted by Gasteiger charge is 1.99. The van der Waals surface area contributed by atoms with Crippen LogP contribution in [0.25, 0.3) is 0 Å². The number of hydrogen-bond donors (Lipinski definition) is 3. The zero-order chi connectivity index (χ0) is 13.1. The van der Waals surface area contributed by atoms with Crippen molar-refractivity contribution in [1.29, 1.82) is 0 Å². The number of allylic oxidation sites excluding steroid dienone is 1. The first kappa shape index (κ1) is 15.3. The maximum atomic E-state index is 11.2. The summed E-state index contributed by atoms with van der Waals surface area (Å²) in [5, 5.41) is 7.63. The average Bonchev–Trinajstić information content (AvgIpc) is 2.24. The van der Waals surface area contributed by atoms with Crippen molar-refractivity contribution < 1.29 is 14.3 Å². The van der Waals surface area contributed by atoms with E-state index in [4.69, 9.17) is 0 Å². The van der Waals surface area contributed by atoms with Crippen molar-refractivity contribution in [3.05, 3.63) is 12.3 Å². The molecule has 0 fully saturated rings. The van der Waals surface area contributed by atoms with Crippen LogP contribution in [0.5, 0.6) is 0 Å². The van der Waals surface area contributed by atoms with Crippen LogP contribution < -0.4 is 16.0 Å². The van der Waals surface area contributed by atoms with E-state index in [1.165, 1.54) is 0 Å². The molecule has 0 unspecified atom stereocenters. The zero-order valence-electron chi connectivity index (χ0n) is 10.6. The third-order valence-corrected chi connectivity index (χ3v) is 1.65. The van der Waals surface area contributed by atoms with Crippen LogP contribution in [0.3, 0.4) is 0 Å². The van der Waals surface area contributed by atoms with E-state index in [9.17, 15) is 9.59 Å². The summed E-state index contributed by atoms with van der Waals surface area (Å²) in [6, 6.07) is -0.299. The normalized spacial score (nSPS) is 10.4. The van der Waals surface area contributed by atoms with Gasteiger partial charge in [0, 0.05) is 19.3 Å². The fourth-order valence-corrected chi connectivity index (χ4v) is 0.890. The molecule has 17 heavy (non-hydrogen) atoms. The lowest BCUT2D eigenvalue weighted by atomic mass is 10.2. The van der Waals surface area contributed by atoms with Crippen molar-refractivity contribution in [3.63, 3.8) is 0 Å². The van der Waals surface area contributed by atoms with Crippen molar-refractivity contribution in [1.82, 2.24) is 16.0 Å². The van der Waals surface area contributed by atoms with Crippen LogP contribution in [0, 0.1) is 5.92 Å². The van der Waals surface area contributed by atoms with Crippen LogP contribution in [-0.2, 0) is 4.74 Å². The van der Waals surface area contributed by atoms with Crippen molar-refractivity contribution >= 4 is 12.1 Å². The first-order chi connectivity index (χ1) is 8.06. The maximum Gasteiger partial charge on any atom is 0.407 e. The molecule has 0 aromatic heterocycles. The number of hydrogen-bond acceptors (Lipinski definition) is 3. The van der Waals surface area contributed by atoms with E-state index in [2.05, 4.69) is 20.7 Å². The van der Waals surface area contributed by atoms with Gasteiger partial charge in [0.15, 0.2) is 0 Å². The first-order valence-electron chi connectivity index (χ1n) is 5.68. The Morgan fingerprint density at radius 2 is 1.88 bits per heavy atom. The van der Waals surface area contributed by atoms with Crippen molar-refractivity contribution in [2.45, 2.75) is 20.8 Å². The molecular weight excluding hydrogens is 222 g/mol. The van der Waals surface area contributed by atoms with Crippen LogP contribution in [0.15, 0.2) is 12.3 Å². The van der Waals surface area contributed by atoms with Gasteiger partial charge in [-0.05, 0) is 12.8 Å². The smallest absolute Gasteiger partial charge is 0.407 e. The Hall–Kier alpha value is -1.72. The fourth-order valence-electron chi connectivity index (χ4n) is 0.890. The summed E-state index contributed by atoms with van der Waals surface area (Å²) < 4.78 is 4.65. The van der Waals surface area contributed by atoms with E-state index in [0.29, 0.717) is 25.6 Å². The van der Waals surface area contributed by atoms with Gasteiger partial charge in [0.05, 0.1) is 6.61 Å². The van der Waals surface area contributed by atoms with Gasteiger partial charge >= 0.3 is 12.1 Å². The second-order valence-corrected chi connectivity index (χ2v) is 3.65. The van der Waals surface area contributed by atoms with Crippen LogP contribution >= 0.6 is 0 Å². The van der Waals surface area contributed by atoms with Gasteiger partial charge in [-0.1, -0.05) is 19.9 Å². The van der Waals surface area contributed by atoms with E-state index in [-0.39, 0.29) is 6.03 Å². The third kappa shape index (κ3) is 10.6. The summed E-state index contributed by atoms with van der Waals surface area (Å²) in [4.78, 5) is 22.0. The van der Waals surface area contributed by atoms with Gasteiger partial charge in [0.1, 0.15) is 0 Å². The predicted molar refractivity (Wildman–Crippen MR) is 65.5 cm³/mol. The predicted octanol–water partition coefficient (Wildman–Crippen LogP) is 1.20. The number of carbonyl (C=O) groups excluding carboxylic acids is 2. The van der Waals surface area contributed by atoms with Crippen LogP contribution in [0.2, 0.25) is 0 Å². The summed E-state index contributed by atoms with van der Waals surface area (Å²) in [6.07, 6.45) is 2.99. The topological polar surface area (TPSA) is 79.5 Å². The van der Waals surface area contributed by atoms with Crippen molar-refractivity contribution in [2.75, 3.05) is 19.7 Å². The van der Waals surface area contributed by atoms with E-state index in [0.717, 1.165) is 0 Å². The summed E-state index contributed by atoms with van der Waals surface area (Å²) in [7, 11) is 0. The van der Waals surface area contributed by atoms with E-state index < -0.39 is 6.09 Å². The molecule has 0 aromatic rings. The van der Waals surface area contributed by atoms with Gasteiger partial charge in [-0.15, -0.1) is 0 Å². The molecule has 3 amide bonds. The van der Waals surface area contributed by atoms with Crippen LogP contribution in [0.4, 0.5) is 9.59 Å². The van der Waals surface area contributed by atoms with Crippen LogP contribution in [-0.4, -0.2) is 31.8 Å². The molecule has 6 heteroatoms. The number of alkyl carbamates (subject to hydrolysis) is 1. The molecule has 0 saturated carbocycles. The van der Waals surface area contributed by atoms with E-state index >= 15 is 0 Å². The number of nitrogens with one attached hydrogen (secondary N) is 3. The molecule has 0 rings (SSSR count). The minimum Gasteiger partial charge on any atom is -0.450 e. The molecule has 0 spiro atoms. The largest absolute Gasteiger partial charge is 0.450 e. The van der Waals surface area contributed by atoms with Gasteiger partial charge < -0.3 is 20.7 Å². The highest BCUT2D eigenvalue weighted by Crippen LogP contribution is 1.90. The third-order valence-electron chi connectivity index (χ3n) is 1.65. The van der Waals surface area contributed by atoms with E-state index in [1.807, 2.05) is 19.9 Å². The Kier molecular flexibility index (Phi) is 8.54. The number of ether oxygens (including phenoxy) is 1. The summed E-state index contributed by atoms with van der Waals surface area (Å²) in [6.45, 7) is 6.77. The monoisotopic (exact) mass is 243 g/mol. The van der Waals surface area contributed by atoms with Crippen molar-refractivity contribution in [3.8, 4) is 0 Å². The lowest BCUT2D eigenvalue weighted by Crippen LogP contribution is -2.38. The minimum atomic E-state index is -0.477. The van der Waals surface area contributed by atoms with Gasteiger partial charge in [-0.2, -0.15) is 0 Å². The van der Waals surface area contributed by atoms with Gasteiger partial charge in [0.25, 0.3) is 0 Å². The first-order valence-corrected chi connectivity index (χ1v) is 5.68. The molecule has 0 radical (unpaired) electrons. The van der Waals surface area contributed by atoms with Crippen molar-refractivity contribution in [2.24, 2.45) is 5.92 Å². The molecule has 0 heterocycles. The molecule has 0 atom stereocenters. The Morgan fingerprint density at radius 3 is 2.47 bits per heavy atom. The molecule has 98 valence electrons. The fraction of sp³-hybridized carbons (Fsp3) is 0.636. The number of amides is 3. The number of rotatable bonds is 6. The van der Waals surface area contributed by atoms with Gasteiger partial charge in [-0.3, -0.25) is 0 Å². The Balaban J connectivity index is 3.48. The quantitative estimate of drug-likeness (QED) is 0.613. The summed E-state index contributed by atoms with van der Waals surface area (Å²) >= 11 is 0. The molecule has 3 N–H and O–H groups in total. The molecule has 0 bridgehead atoms. The summed E-state index contributed by atoms with van der Waals surface area (Å²) in [5.74, 6) is 0.390. The zero-order valence-corrected chi connectivity index (χ0v) is 10.6. The highest BCUT2D eigenvalue weighted by molar-refractivity contribution is 5.75. The number of carbonyl (C=O) groups is 2. The molecular formula is C11H21N3O3. The molecule has 0 aromatic carbocycles. The molecule has 0 aliphatic rings. The second kappa shape index (κ2) is 9.50. The molecule has 6 nitrogen and oxygen atoms in total. The molecule has 0 aliphatic heterocycles.